The lowest BCUT2D eigenvalue weighted by Gasteiger charge is -2.27. The van der Waals surface area contributed by atoms with Crippen LogP contribution in [0.1, 0.15) is 36.2 Å². The summed E-state index contributed by atoms with van der Waals surface area (Å²) in [6.07, 6.45) is 0.353. The minimum Gasteiger partial charge on any atom is -0.409 e. The summed E-state index contributed by atoms with van der Waals surface area (Å²) in [7, 11) is 0. The molecule has 0 radical (unpaired) electrons. The third-order valence-corrected chi connectivity index (χ3v) is 3.00. The second-order valence-electron chi connectivity index (χ2n) is 4.75. The molecule has 1 amide bonds. The molecule has 0 saturated carbocycles. The SMILES string of the molecule is Cc1ccccc1C(=O)N(CC/C(N)=N/O)C(C)C. The highest BCUT2D eigenvalue weighted by Crippen LogP contribution is 2.13. The number of hydrogen-bond acceptors (Lipinski definition) is 3. The molecule has 104 valence electrons. The first kappa shape index (κ1) is 15.0. The Morgan fingerprint density at radius 3 is 2.58 bits per heavy atom. The lowest BCUT2D eigenvalue weighted by molar-refractivity contribution is 0.0710. The van der Waals surface area contributed by atoms with Gasteiger partial charge < -0.3 is 15.8 Å². The van der Waals surface area contributed by atoms with Gasteiger partial charge in [-0.15, -0.1) is 0 Å². The minimum absolute atomic E-state index is 0.0289. The number of amidine groups is 1. The van der Waals surface area contributed by atoms with Crippen molar-refractivity contribution in [1.82, 2.24) is 4.90 Å². The molecule has 0 fully saturated rings. The number of benzene rings is 1. The molecule has 5 heteroatoms. The normalized spacial score (nSPS) is 11.7. The molecule has 0 aliphatic rings. The van der Waals surface area contributed by atoms with Crippen LogP contribution in [0.2, 0.25) is 0 Å². The molecule has 0 spiro atoms. The van der Waals surface area contributed by atoms with E-state index in [9.17, 15) is 4.79 Å². The van der Waals surface area contributed by atoms with E-state index in [1.54, 1.807) is 4.90 Å². The molecule has 19 heavy (non-hydrogen) atoms. The van der Waals surface area contributed by atoms with Gasteiger partial charge in [-0.3, -0.25) is 4.79 Å². The molecule has 0 saturated heterocycles. The molecule has 5 nitrogen and oxygen atoms in total. The van der Waals surface area contributed by atoms with Crippen molar-refractivity contribution in [2.24, 2.45) is 10.9 Å². The molecule has 0 aliphatic carbocycles. The van der Waals surface area contributed by atoms with E-state index in [0.717, 1.165) is 5.56 Å². The van der Waals surface area contributed by atoms with Gasteiger partial charge in [-0.1, -0.05) is 23.4 Å². The topological polar surface area (TPSA) is 78.9 Å². The number of amides is 1. The van der Waals surface area contributed by atoms with E-state index in [2.05, 4.69) is 5.16 Å². The Morgan fingerprint density at radius 1 is 1.42 bits per heavy atom. The Balaban J connectivity index is 2.88. The first-order chi connectivity index (χ1) is 8.97. The monoisotopic (exact) mass is 263 g/mol. The zero-order chi connectivity index (χ0) is 14.4. The number of nitrogens with two attached hydrogens (primary N) is 1. The van der Waals surface area contributed by atoms with Gasteiger partial charge in [-0.05, 0) is 32.4 Å². The number of rotatable bonds is 5. The fourth-order valence-corrected chi connectivity index (χ4v) is 1.85. The number of aryl methyl sites for hydroxylation is 1. The fraction of sp³-hybridized carbons (Fsp3) is 0.429. The molecule has 1 aromatic carbocycles. The first-order valence-electron chi connectivity index (χ1n) is 6.30. The molecule has 0 bridgehead atoms. The predicted octanol–water partition coefficient (Wildman–Crippen LogP) is 1.98. The van der Waals surface area contributed by atoms with Gasteiger partial charge in [-0.2, -0.15) is 0 Å². The summed E-state index contributed by atoms with van der Waals surface area (Å²) >= 11 is 0. The van der Waals surface area contributed by atoms with Crippen molar-refractivity contribution in [3.8, 4) is 0 Å². The summed E-state index contributed by atoms with van der Waals surface area (Å²) in [5, 5.41) is 11.5. The summed E-state index contributed by atoms with van der Waals surface area (Å²) in [5.74, 6) is 0.0991. The molecule has 0 atom stereocenters. The van der Waals surface area contributed by atoms with Crippen molar-refractivity contribution in [3.05, 3.63) is 35.4 Å². The Morgan fingerprint density at radius 2 is 2.05 bits per heavy atom. The number of carbonyl (C=O) groups is 1. The lowest BCUT2D eigenvalue weighted by atomic mass is 10.1. The zero-order valence-corrected chi connectivity index (χ0v) is 11.6. The second-order valence-corrected chi connectivity index (χ2v) is 4.75. The van der Waals surface area contributed by atoms with Gasteiger partial charge >= 0.3 is 0 Å². The van der Waals surface area contributed by atoms with Gasteiger partial charge in [-0.25, -0.2) is 0 Å². The molecular weight excluding hydrogens is 242 g/mol. The molecule has 1 aromatic rings. The quantitative estimate of drug-likeness (QED) is 0.369. The molecule has 0 unspecified atom stereocenters. The Bertz CT molecular complexity index is 470. The third-order valence-electron chi connectivity index (χ3n) is 3.00. The summed E-state index contributed by atoms with van der Waals surface area (Å²) in [4.78, 5) is 14.2. The highest BCUT2D eigenvalue weighted by atomic mass is 16.4. The largest absolute Gasteiger partial charge is 0.409 e. The van der Waals surface area contributed by atoms with E-state index in [1.165, 1.54) is 0 Å². The van der Waals surface area contributed by atoms with Crippen molar-refractivity contribution in [3.63, 3.8) is 0 Å². The first-order valence-corrected chi connectivity index (χ1v) is 6.30. The van der Waals surface area contributed by atoms with Crippen LogP contribution < -0.4 is 5.73 Å². The Kier molecular flexibility index (Phi) is 5.36. The predicted molar refractivity (Wildman–Crippen MR) is 75.4 cm³/mol. The van der Waals surface area contributed by atoms with E-state index < -0.39 is 0 Å². The summed E-state index contributed by atoms with van der Waals surface area (Å²) in [6.45, 7) is 6.24. The Labute approximate surface area is 113 Å². The van der Waals surface area contributed by atoms with Crippen LogP contribution in [0.15, 0.2) is 29.4 Å². The van der Waals surface area contributed by atoms with Crippen LogP contribution in [0, 0.1) is 6.92 Å². The van der Waals surface area contributed by atoms with E-state index in [1.807, 2.05) is 45.0 Å². The summed E-state index contributed by atoms with van der Waals surface area (Å²) in [6, 6.07) is 7.54. The van der Waals surface area contributed by atoms with E-state index in [0.29, 0.717) is 18.5 Å². The van der Waals surface area contributed by atoms with Gasteiger partial charge in [0.2, 0.25) is 0 Å². The van der Waals surface area contributed by atoms with Gasteiger partial charge in [0.25, 0.3) is 5.91 Å². The maximum Gasteiger partial charge on any atom is 0.254 e. The molecular formula is C14H21N3O2. The molecule has 1 rings (SSSR count). The van der Waals surface area contributed by atoms with Gasteiger partial charge in [0.15, 0.2) is 0 Å². The molecule has 0 aromatic heterocycles. The van der Waals surface area contributed by atoms with Crippen LogP contribution in [-0.2, 0) is 0 Å². The van der Waals surface area contributed by atoms with Gasteiger partial charge in [0.05, 0.1) is 0 Å². The number of oxime groups is 1. The van der Waals surface area contributed by atoms with Crippen LogP contribution in [0.4, 0.5) is 0 Å². The number of carbonyl (C=O) groups excluding carboxylic acids is 1. The van der Waals surface area contributed by atoms with E-state index in [4.69, 9.17) is 10.9 Å². The van der Waals surface area contributed by atoms with Crippen molar-refractivity contribution in [1.29, 1.82) is 0 Å². The van der Waals surface area contributed by atoms with Crippen molar-refractivity contribution in [2.75, 3.05) is 6.54 Å². The van der Waals surface area contributed by atoms with Gasteiger partial charge in [0, 0.05) is 24.6 Å². The van der Waals surface area contributed by atoms with Crippen molar-refractivity contribution in [2.45, 2.75) is 33.2 Å². The van der Waals surface area contributed by atoms with Crippen molar-refractivity contribution < 1.29 is 10.0 Å². The average Bonchev–Trinajstić information content (AvgIpc) is 2.38. The molecule has 0 heterocycles. The maximum absolute atomic E-state index is 12.5. The van der Waals surface area contributed by atoms with E-state index in [-0.39, 0.29) is 17.8 Å². The van der Waals surface area contributed by atoms with Crippen LogP contribution in [0.25, 0.3) is 0 Å². The fourth-order valence-electron chi connectivity index (χ4n) is 1.85. The van der Waals surface area contributed by atoms with Gasteiger partial charge in [0.1, 0.15) is 5.84 Å². The van der Waals surface area contributed by atoms with Crippen LogP contribution in [0.5, 0.6) is 0 Å². The second kappa shape index (κ2) is 6.78. The van der Waals surface area contributed by atoms with Crippen molar-refractivity contribution >= 4 is 11.7 Å². The van der Waals surface area contributed by atoms with Crippen LogP contribution in [0.3, 0.4) is 0 Å². The Hall–Kier alpha value is -2.04. The molecule has 0 aliphatic heterocycles. The summed E-state index contributed by atoms with van der Waals surface area (Å²) < 4.78 is 0. The lowest BCUT2D eigenvalue weighted by Crippen LogP contribution is -2.39. The van der Waals surface area contributed by atoms with E-state index >= 15 is 0 Å². The zero-order valence-electron chi connectivity index (χ0n) is 11.6. The van der Waals surface area contributed by atoms with Crippen LogP contribution in [-0.4, -0.2) is 34.4 Å². The highest BCUT2D eigenvalue weighted by Gasteiger charge is 2.20. The molecule has 3 N–H and O–H groups in total. The number of nitrogens with zero attached hydrogens (tertiary/aromatic N) is 2. The standard InChI is InChI=1S/C14H21N3O2/c1-10(2)17(9-8-13(15)16-19)14(18)12-7-5-4-6-11(12)3/h4-7,10,19H,8-9H2,1-3H3,(H2,15,16). The van der Waals surface area contributed by atoms with Crippen LogP contribution >= 0.6 is 0 Å². The maximum atomic E-state index is 12.5. The third kappa shape index (κ3) is 3.98. The summed E-state index contributed by atoms with van der Waals surface area (Å²) in [5.41, 5.74) is 7.09. The highest BCUT2D eigenvalue weighted by molar-refractivity contribution is 5.96. The minimum atomic E-state index is -0.0289. The number of hydrogen-bond donors (Lipinski definition) is 2. The smallest absolute Gasteiger partial charge is 0.254 e. The average molecular weight is 263 g/mol.